The van der Waals surface area contributed by atoms with E-state index in [9.17, 15) is 9.90 Å². The molecule has 0 saturated carbocycles. The fourth-order valence-electron chi connectivity index (χ4n) is 5.56. The number of hydrogen-bond donors (Lipinski definition) is 1. The summed E-state index contributed by atoms with van der Waals surface area (Å²) in [6, 6.07) is 11.5. The summed E-state index contributed by atoms with van der Waals surface area (Å²) in [6.07, 6.45) is 1.50. The third kappa shape index (κ3) is 3.83. The van der Waals surface area contributed by atoms with Crippen LogP contribution in [0.15, 0.2) is 47.2 Å². The van der Waals surface area contributed by atoms with E-state index >= 15 is 0 Å². The molecule has 0 radical (unpaired) electrons. The summed E-state index contributed by atoms with van der Waals surface area (Å²) in [5.41, 5.74) is 2.62. The number of hydrogen-bond acceptors (Lipinski definition) is 7. The molecule has 6 rings (SSSR count). The Balaban J connectivity index is 0.00000253. The van der Waals surface area contributed by atoms with E-state index < -0.39 is 6.10 Å². The molecule has 2 aliphatic rings. The Bertz CT molecular complexity index is 1420. The van der Waals surface area contributed by atoms with Crippen LogP contribution in [0.3, 0.4) is 0 Å². The Morgan fingerprint density at radius 2 is 1.77 bits per heavy atom. The predicted molar refractivity (Wildman–Crippen MR) is 139 cm³/mol. The van der Waals surface area contributed by atoms with Crippen molar-refractivity contribution in [3.05, 3.63) is 63.8 Å². The maximum absolute atomic E-state index is 12.6. The molecule has 0 unspecified atom stereocenters. The number of thiophene rings is 1. The first-order valence-corrected chi connectivity index (χ1v) is 12.3. The van der Waals surface area contributed by atoms with Crippen LogP contribution in [0.4, 0.5) is 0 Å². The molecule has 2 atom stereocenters. The minimum absolute atomic E-state index is 0. The largest absolute Gasteiger partial charge is 0.493 e. The second-order valence-electron chi connectivity index (χ2n) is 8.88. The van der Waals surface area contributed by atoms with E-state index in [4.69, 9.17) is 14.2 Å². The van der Waals surface area contributed by atoms with Gasteiger partial charge in [-0.25, -0.2) is 4.79 Å². The van der Waals surface area contributed by atoms with Gasteiger partial charge in [-0.3, -0.25) is 4.90 Å². The Labute approximate surface area is 213 Å². The van der Waals surface area contributed by atoms with E-state index in [1.165, 1.54) is 11.3 Å². The lowest BCUT2D eigenvalue weighted by Crippen LogP contribution is -2.39. The smallest absolute Gasteiger partial charge is 0.344 e. The number of methoxy groups -OCH3 is 2. The first-order chi connectivity index (χ1) is 16.6. The van der Waals surface area contributed by atoms with E-state index in [0.29, 0.717) is 22.8 Å². The number of rotatable bonds is 4. The molecule has 182 valence electrons. The highest BCUT2D eigenvalue weighted by molar-refractivity contribution is 7.08. The van der Waals surface area contributed by atoms with Gasteiger partial charge in [-0.05, 0) is 87.8 Å². The molecule has 2 aliphatic heterocycles. The average Bonchev–Trinajstić information content (AvgIpc) is 3.56. The van der Waals surface area contributed by atoms with Gasteiger partial charge in [0.15, 0.2) is 11.5 Å². The molecule has 1 saturated heterocycles. The summed E-state index contributed by atoms with van der Waals surface area (Å²) in [7, 11) is 3.25. The summed E-state index contributed by atoms with van der Waals surface area (Å²) in [5.74, 6) is 1.36. The van der Waals surface area contributed by atoms with E-state index in [0.717, 1.165) is 58.6 Å². The Morgan fingerprint density at radius 3 is 2.49 bits per heavy atom. The first kappa shape index (κ1) is 23.9. The number of fused-ring (bicyclic) bond motifs is 7. The zero-order valence-electron chi connectivity index (χ0n) is 19.4. The molecule has 1 aromatic heterocycles. The van der Waals surface area contributed by atoms with Crippen LogP contribution in [-0.4, -0.2) is 42.8 Å². The lowest BCUT2D eigenvalue weighted by molar-refractivity contribution is 0.0552. The average molecular weight is 512 g/mol. The second kappa shape index (κ2) is 9.32. The maximum atomic E-state index is 12.6. The molecule has 3 heterocycles. The van der Waals surface area contributed by atoms with Crippen molar-refractivity contribution in [3.63, 3.8) is 0 Å². The lowest BCUT2D eigenvalue weighted by Gasteiger charge is -2.37. The van der Waals surface area contributed by atoms with Crippen LogP contribution in [0, 0.1) is 0 Å². The van der Waals surface area contributed by atoms with Crippen LogP contribution >= 0.6 is 23.7 Å². The van der Waals surface area contributed by atoms with Crippen LogP contribution in [0.2, 0.25) is 0 Å². The van der Waals surface area contributed by atoms with Gasteiger partial charge in [-0.1, -0.05) is 6.07 Å². The minimum Gasteiger partial charge on any atom is -0.493 e. The van der Waals surface area contributed by atoms with Gasteiger partial charge in [0.05, 0.1) is 25.9 Å². The molecule has 4 aromatic rings. The normalized spacial score (nSPS) is 19.2. The molecule has 0 bridgehead atoms. The summed E-state index contributed by atoms with van der Waals surface area (Å²) in [4.78, 5) is 15.0. The number of halogens is 1. The molecule has 8 heteroatoms. The Kier molecular flexibility index (Phi) is 6.36. The second-order valence-corrected chi connectivity index (χ2v) is 9.66. The number of esters is 1. The highest BCUT2D eigenvalue weighted by Crippen LogP contribution is 2.47. The number of benzene rings is 3. The number of carbonyl (C=O) groups is 1. The van der Waals surface area contributed by atoms with E-state index in [2.05, 4.69) is 4.90 Å². The van der Waals surface area contributed by atoms with E-state index in [-0.39, 0.29) is 24.4 Å². The Morgan fingerprint density at radius 1 is 1.03 bits per heavy atom. The number of aliphatic hydroxyl groups is 1. The number of nitrogens with zero attached hydrogens (tertiary/aromatic N) is 1. The van der Waals surface area contributed by atoms with Crippen molar-refractivity contribution in [2.24, 2.45) is 0 Å². The van der Waals surface area contributed by atoms with Crippen molar-refractivity contribution in [1.82, 2.24) is 4.90 Å². The van der Waals surface area contributed by atoms with Gasteiger partial charge >= 0.3 is 5.97 Å². The molecule has 0 amide bonds. The van der Waals surface area contributed by atoms with Crippen molar-refractivity contribution in [2.45, 2.75) is 31.5 Å². The first-order valence-electron chi connectivity index (χ1n) is 11.4. The molecule has 0 spiro atoms. The Hall–Kier alpha value is -2.84. The molecule has 0 aliphatic carbocycles. The van der Waals surface area contributed by atoms with Gasteiger partial charge in [-0.2, -0.15) is 11.3 Å². The van der Waals surface area contributed by atoms with Gasteiger partial charge in [0.25, 0.3) is 0 Å². The molecule has 3 aromatic carbocycles. The van der Waals surface area contributed by atoms with Crippen molar-refractivity contribution in [1.29, 1.82) is 0 Å². The standard InChI is InChI=1S/C27H25NO5S.ClH/c1-31-23-11-19-18-10-16(33-27(30)15-7-9-34-14-15)5-6-17(18)25-21(20(19)12-24(23)32-2)13-28-8-3-4-22(28)26(25)29;/h5-7,9-12,14,22,26,29H,3-4,8,13H2,1-2H3;1H/t22-,26+;/m0./s1. The van der Waals surface area contributed by atoms with Gasteiger partial charge < -0.3 is 19.3 Å². The van der Waals surface area contributed by atoms with Gasteiger partial charge in [-0.15, -0.1) is 12.4 Å². The predicted octanol–water partition coefficient (Wildman–Crippen LogP) is 5.72. The summed E-state index contributed by atoms with van der Waals surface area (Å²) >= 11 is 1.46. The zero-order valence-corrected chi connectivity index (χ0v) is 21.1. The molecule has 1 N–H and O–H groups in total. The van der Waals surface area contributed by atoms with Crippen LogP contribution in [0.25, 0.3) is 21.5 Å². The van der Waals surface area contributed by atoms with E-state index in [1.54, 1.807) is 25.7 Å². The van der Waals surface area contributed by atoms with Crippen molar-refractivity contribution in [3.8, 4) is 17.2 Å². The molecular weight excluding hydrogens is 486 g/mol. The summed E-state index contributed by atoms with van der Waals surface area (Å²) in [5, 5.41) is 19.0. The SMILES string of the molecule is COc1cc2c3c(c4ccc(OC(=O)c5ccsc5)cc4c2cc1OC)[C@H](O)[C@@H]1CCCN1C3.Cl. The number of aliphatic hydroxyl groups excluding tert-OH is 1. The minimum atomic E-state index is -0.578. The molecule has 35 heavy (non-hydrogen) atoms. The van der Waals surface area contributed by atoms with Crippen molar-refractivity contribution in [2.75, 3.05) is 20.8 Å². The quantitative estimate of drug-likeness (QED) is 0.214. The lowest BCUT2D eigenvalue weighted by atomic mass is 9.83. The topological polar surface area (TPSA) is 68.2 Å². The van der Waals surface area contributed by atoms with Gasteiger partial charge in [0.1, 0.15) is 5.75 Å². The van der Waals surface area contributed by atoms with Crippen LogP contribution < -0.4 is 14.2 Å². The van der Waals surface area contributed by atoms with Crippen LogP contribution in [0.5, 0.6) is 17.2 Å². The monoisotopic (exact) mass is 511 g/mol. The molecule has 6 nitrogen and oxygen atoms in total. The number of carbonyl (C=O) groups excluding carboxylic acids is 1. The third-order valence-electron chi connectivity index (χ3n) is 7.15. The zero-order chi connectivity index (χ0) is 23.4. The third-order valence-corrected chi connectivity index (χ3v) is 7.83. The highest BCUT2D eigenvalue weighted by atomic mass is 35.5. The van der Waals surface area contributed by atoms with Crippen molar-refractivity contribution >= 4 is 51.3 Å². The molecular formula is C27H26ClNO5S. The summed E-state index contributed by atoms with van der Waals surface area (Å²) in [6.45, 7) is 1.78. The maximum Gasteiger partial charge on any atom is 0.344 e. The number of ether oxygens (including phenoxy) is 3. The highest BCUT2D eigenvalue weighted by Gasteiger charge is 2.39. The fraction of sp³-hybridized carbons (Fsp3) is 0.296. The van der Waals surface area contributed by atoms with Crippen LogP contribution in [0.1, 0.15) is 40.4 Å². The van der Waals surface area contributed by atoms with Gasteiger partial charge in [0, 0.05) is 18.0 Å². The summed E-state index contributed by atoms with van der Waals surface area (Å²) < 4.78 is 16.9. The van der Waals surface area contributed by atoms with Crippen molar-refractivity contribution < 1.29 is 24.1 Å². The van der Waals surface area contributed by atoms with E-state index in [1.807, 2.05) is 35.7 Å². The van der Waals surface area contributed by atoms with Gasteiger partial charge in [0.2, 0.25) is 0 Å². The van der Waals surface area contributed by atoms with Crippen LogP contribution in [-0.2, 0) is 6.54 Å². The molecule has 1 fully saturated rings. The fourth-order valence-corrected chi connectivity index (χ4v) is 6.18.